The molecule has 1 atom stereocenters. The molecule has 3 rings (SSSR count). The number of hydrogen-bond donors (Lipinski definition) is 1. The lowest BCUT2D eigenvalue weighted by Crippen LogP contribution is -2.33. The number of halogens is 5. The van der Waals surface area contributed by atoms with Gasteiger partial charge >= 0.3 is 6.18 Å². The summed E-state index contributed by atoms with van der Waals surface area (Å²) in [7, 11) is 0. The molecule has 9 heteroatoms. The third kappa shape index (κ3) is 2.53. The first kappa shape index (κ1) is 16.4. The van der Waals surface area contributed by atoms with E-state index in [4.69, 9.17) is 5.26 Å². The van der Waals surface area contributed by atoms with Gasteiger partial charge in [-0.25, -0.2) is 13.8 Å². The fraction of sp³-hybridized carbons (Fsp3) is 0.333. The zero-order valence-electron chi connectivity index (χ0n) is 12.0. The molecular formula is C15H10F5N3O. The molecule has 0 bridgehead atoms. The Bertz CT molecular complexity index is 835. The van der Waals surface area contributed by atoms with Gasteiger partial charge in [-0.2, -0.15) is 18.4 Å². The maximum Gasteiger partial charge on any atom is 0.418 e. The van der Waals surface area contributed by atoms with E-state index in [-0.39, 0.29) is 23.5 Å². The molecule has 24 heavy (non-hydrogen) atoms. The van der Waals surface area contributed by atoms with Crippen LogP contribution in [0.25, 0.3) is 5.69 Å². The lowest BCUT2D eigenvalue weighted by Gasteiger charge is -2.29. The largest absolute Gasteiger partial charge is 0.418 e. The van der Waals surface area contributed by atoms with E-state index in [1.54, 1.807) is 6.07 Å². The minimum atomic E-state index is -4.89. The van der Waals surface area contributed by atoms with Crippen LogP contribution in [0.2, 0.25) is 0 Å². The van der Waals surface area contributed by atoms with Gasteiger partial charge in [-0.05, 0) is 18.6 Å². The van der Waals surface area contributed by atoms with Gasteiger partial charge in [0.15, 0.2) is 0 Å². The summed E-state index contributed by atoms with van der Waals surface area (Å²) < 4.78 is 68.2. The third-order valence-electron chi connectivity index (χ3n) is 3.96. The summed E-state index contributed by atoms with van der Waals surface area (Å²) in [5.41, 5.74) is -2.00. The molecule has 0 aromatic carbocycles. The average molecular weight is 343 g/mol. The molecule has 0 saturated carbocycles. The first-order valence-corrected chi connectivity index (χ1v) is 6.89. The van der Waals surface area contributed by atoms with E-state index in [0.29, 0.717) is 6.20 Å². The number of aliphatic hydroxyl groups is 1. The van der Waals surface area contributed by atoms with Crippen LogP contribution in [0.3, 0.4) is 0 Å². The van der Waals surface area contributed by atoms with Gasteiger partial charge in [0.05, 0.1) is 5.56 Å². The number of pyridine rings is 1. The molecule has 1 aliphatic rings. The van der Waals surface area contributed by atoms with Crippen molar-refractivity contribution in [3.63, 3.8) is 0 Å². The summed E-state index contributed by atoms with van der Waals surface area (Å²) >= 11 is 0. The number of nitriles is 1. The summed E-state index contributed by atoms with van der Waals surface area (Å²) in [6.07, 6.45) is -6.61. The number of rotatable bonds is 1. The van der Waals surface area contributed by atoms with Crippen LogP contribution in [-0.4, -0.2) is 20.6 Å². The van der Waals surface area contributed by atoms with Crippen molar-refractivity contribution >= 4 is 0 Å². The van der Waals surface area contributed by atoms with E-state index in [1.165, 1.54) is 18.3 Å². The lowest BCUT2D eigenvalue weighted by molar-refractivity contribution is -0.147. The Morgan fingerprint density at radius 1 is 1.38 bits per heavy atom. The van der Waals surface area contributed by atoms with Crippen molar-refractivity contribution in [1.29, 1.82) is 5.26 Å². The van der Waals surface area contributed by atoms with Crippen molar-refractivity contribution in [2.24, 2.45) is 0 Å². The lowest BCUT2D eigenvalue weighted by atomic mass is 9.89. The second kappa shape index (κ2) is 5.27. The standard InChI is InChI=1S/C15H10F5N3O/c16-14(17)3-1-11-12(13(14)24)10(15(18,19)20)7-23(11)9-2-4-22-8(5-9)6-21/h2,4-5,7,13,24H,1,3H2. The maximum atomic E-state index is 13.7. The molecule has 1 unspecified atom stereocenters. The smallest absolute Gasteiger partial charge is 0.382 e. The van der Waals surface area contributed by atoms with Crippen LogP contribution in [0.15, 0.2) is 24.5 Å². The Kier molecular flexibility index (Phi) is 3.60. The molecule has 0 fully saturated rings. The monoisotopic (exact) mass is 343 g/mol. The maximum absolute atomic E-state index is 13.7. The quantitative estimate of drug-likeness (QED) is 0.808. The molecule has 2 aromatic rings. The van der Waals surface area contributed by atoms with Gasteiger partial charge < -0.3 is 9.67 Å². The van der Waals surface area contributed by atoms with Crippen LogP contribution in [0, 0.1) is 11.3 Å². The predicted molar refractivity (Wildman–Crippen MR) is 71.5 cm³/mol. The molecule has 2 aromatic heterocycles. The molecular weight excluding hydrogens is 333 g/mol. The SMILES string of the molecule is N#Cc1cc(-n2cc(C(F)(F)F)c3c2CCC(F)(F)C3O)ccn1. The second-order valence-corrected chi connectivity index (χ2v) is 5.45. The van der Waals surface area contributed by atoms with Crippen molar-refractivity contribution in [3.05, 3.63) is 47.0 Å². The number of nitrogens with zero attached hydrogens (tertiary/aromatic N) is 3. The van der Waals surface area contributed by atoms with E-state index >= 15 is 0 Å². The van der Waals surface area contributed by atoms with Crippen LogP contribution in [0.1, 0.15) is 35.0 Å². The minimum absolute atomic E-state index is 0.0230. The number of alkyl halides is 5. The first-order valence-electron chi connectivity index (χ1n) is 6.89. The Balaban J connectivity index is 2.25. The van der Waals surface area contributed by atoms with E-state index in [0.717, 1.165) is 4.57 Å². The topological polar surface area (TPSA) is 61.8 Å². The highest BCUT2D eigenvalue weighted by Gasteiger charge is 2.50. The predicted octanol–water partition coefficient (Wildman–Crippen LogP) is 3.38. The number of aromatic nitrogens is 2. The molecule has 0 radical (unpaired) electrons. The highest BCUT2D eigenvalue weighted by Crippen LogP contribution is 2.48. The molecule has 0 aliphatic heterocycles. The van der Waals surface area contributed by atoms with Crippen molar-refractivity contribution in [3.8, 4) is 11.8 Å². The summed E-state index contributed by atoms with van der Waals surface area (Å²) in [6, 6.07) is 4.37. The van der Waals surface area contributed by atoms with E-state index < -0.39 is 35.8 Å². The zero-order chi connectivity index (χ0) is 17.7. The van der Waals surface area contributed by atoms with E-state index in [2.05, 4.69) is 4.98 Å². The van der Waals surface area contributed by atoms with Gasteiger partial charge in [-0.15, -0.1) is 0 Å². The van der Waals surface area contributed by atoms with Gasteiger partial charge in [0.1, 0.15) is 17.9 Å². The van der Waals surface area contributed by atoms with Gasteiger partial charge in [-0.1, -0.05) is 0 Å². The van der Waals surface area contributed by atoms with Crippen molar-refractivity contribution < 1.29 is 27.1 Å². The van der Waals surface area contributed by atoms with E-state index in [9.17, 15) is 27.1 Å². The molecule has 4 nitrogen and oxygen atoms in total. The average Bonchev–Trinajstić information content (AvgIpc) is 2.91. The molecule has 1 aliphatic carbocycles. The molecule has 0 amide bonds. The summed E-state index contributed by atoms with van der Waals surface area (Å²) in [5.74, 6) is -3.63. The van der Waals surface area contributed by atoms with Gasteiger partial charge in [0.2, 0.25) is 0 Å². The van der Waals surface area contributed by atoms with Crippen LogP contribution >= 0.6 is 0 Å². The zero-order valence-corrected chi connectivity index (χ0v) is 12.0. The highest BCUT2D eigenvalue weighted by atomic mass is 19.4. The number of hydrogen-bond acceptors (Lipinski definition) is 3. The van der Waals surface area contributed by atoms with Crippen LogP contribution in [0.5, 0.6) is 0 Å². The fourth-order valence-electron chi connectivity index (χ4n) is 2.84. The molecule has 1 N–H and O–H groups in total. The van der Waals surface area contributed by atoms with E-state index in [1.807, 2.05) is 0 Å². The van der Waals surface area contributed by atoms with Crippen LogP contribution in [-0.2, 0) is 12.6 Å². The summed E-state index contributed by atoms with van der Waals surface area (Å²) in [6.45, 7) is 0. The minimum Gasteiger partial charge on any atom is -0.382 e. The summed E-state index contributed by atoms with van der Waals surface area (Å²) in [4.78, 5) is 3.72. The third-order valence-corrected chi connectivity index (χ3v) is 3.96. The summed E-state index contributed by atoms with van der Waals surface area (Å²) in [5, 5.41) is 18.6. The molecule has 0 spiro atoms. The van der Waals surface area contributed by atoms with Gasteiger partial charge in [0.25, 0.3) is 5.92 Å². The fourth-order valence-corrected chi connectivity index (χ4v) is 2.84. The van der Waals surface area contributed by atoms with Gasteiger partial charge in [0, 0.05) is 35.8 Å². The van der Waals surface area contributed by atoms with Crippen LogP contribution < -0.4 is 0 Å². The van der Waals surface area contributed by atoms with Gasteiger partial charge in [-0.3, -0.25) is 0 Å². The Morgan fingerprint density at radius 3 is 2.71 bits per heavy atom. The second-order valence-electron chi connectivity index (χ2n) is 5.45. The van der Waals surface area contributed by atoms with Crippen LogP contribution in [0.4, 0.5) is 22.0 Å². The Labute approximate surface area is 132 Å². The first-order chi connectivity index (χ1) is 11.1. The number of fused-ring (bicyclic) bond motifs is 1. The molecule has 0 saturated heterocycles. The normalized spacial score (nSPS) is 19.6. The molecule has 2 heterocycles. The Hall–Kier alpha value is -2.47. The van der Waals surface area contributed by atoms with Crippen molar-refractivity contribution in [2.45, 2.75) is 31.0 Å². The Morgan fingerprint density at radius 2 is 2.08 bits per heavy atom. The molecule has 126 valence electrons. The number of aliphatic hydroxyl groups excluding tert-OH is 1. The van der Waals surface area contributed by atoms with Crippen molar-refractivity contribution in [2.75, 3.05) is 0 Å². The highest BCUT2D eigenvalue weighted by molar-refractivity contribution is 5.47. The van der Waals surface area contributed by atoms with Crippen molar-refractivity contribution in [1.82, 2.24) is 9.55 Å².